The molecule has 0 fully saturated rings. The van der Waals surface area contributed by atoms with Crippen LogP contribution in [0.2, 0.25) is 0 Å². The van der Waals surface area contributed by atoms with Crippen molar-refractivity contribution in [2.24, 2.45) is 0 Å². The highest BCUT2D eigenvalue weighted by atomic mass is 35.5. The van der Waals surface area contributed by atoms with Gasteiger partial charge in [-0.25, -0.2) is 0 Å². The van der Waals surface area contributed by atoms with Crippen LogP contribution < -0.4 is 4.90 Å². The molecule has 0 bridgehead atoms. The SMILES string of the molecule is CCCCn1cc(C(Cl)(c2ccc3c(c2)CCN3CCC)c2cn(CCCC)c3ccccc23)c2ccccc21. The van der Waals surface area contributed by atoms with Gasteiger partial charge < -0.3 is 14.0 Å². The highest BCUT2D eigenvalue weighted by molar-refractivity contribution is 6.30. The van der Waals surface area contributed by atoms with E-state index in [1.54, 1.807) is 0 Å². The monoisotopic (exact) mass is 551 g/mol. The minimum atomic E-state index is -0.818. The van der Waals surface area contributed by atoms with Crippen LogP contribution in [0.1, 0.15) is 75.1 Å². The molecule has 208 valence electrons. The molecule has 0 saturated carbocycles. The third-order valence-electron chi connectivity index (χ3n) is 8.79. The summed E-state index contributed by atoms with van der Waals surface area (Å²) < 4.78 is 4.86. The summed E-state index contributed by atoms with van der Waals surface area (Å²) in [4.78, 5) is 1.71. The lowest BCUT2D eigenvalue weighted by Gasteiger charge is -2.29. The molecule has 40 heavy (non-hydrogen) atoms. The van der Waals surface area contributed by atoms with Crippen molar-refractivity contribution in [2.45, 2.75) is 77.3 Å². The maximum Gasteiger partial charge on any atom is 0.124 e. The Kier molecular flexibility index (Phi) is 7.68. The second-order valence-corrected chi connectivity index (χ2v) is 12.0. The fourth-order valence-corrected chi connectivity index (χ4v) is 7.13. The molecule has 1 aliphatic rings. The molecule has 3 heterocycles. The van der Waals surface area contributed by atoms with Gasteiger partial charge in [0.1, 0.15) is 4.87 Å². The lowest BCUT2D eigenvalue weighted by atomic mass is 9.83. The van der Waals surface area contributed by atoms with Crippen molar-refractivity contribution >= 4 is 39.1 Å². The predicted octanol–water partition coefficient (Wildman–Crippen LogP) is 9.50. The number of para-hydroxylation sites is 2. The van der Waals surface area contributed by atoms with Crippen LogP contribution in [0.15, 0.2) is 79.1 Å². The number of fused-ring (bicyclic) bond motifs is 3. The number of hydrogen-bond acceptors (Lipinski definition) is 1. The zero-order valence-corrected chi connectivity index (χ0v) is 25.1. The van der Waals surface area contributed by atoms with Crippen molar-refractivity contribution in [1.29, 1.82) is 0 Å². The van der Waals surface area contributed by atoms with Crippen molar-refractivity contribution in [3.05, 3.63) is 101 Å². The maximum absolute atomic E-state index is 8.23. The number of anilines is 1. The smallest absolute Gasteiger partial charge is 0.124 e. The summed E-state index contributed by atoms with van der Waals surface area (Å²) in [6.07, 6.45) is 11.6. The number of hydrogen-bond donors (Lipinski definition) is 0. The molecule has 2 aromatic heterocycles. The van der Waals surface area contributed by atoms with E-state index in [1.807, 2.05) is 0 Å². The van der Waals surface area contributed by atoms with Gasteiger partial charge in [0, 0.05) is 77.2 Å². The second kappa shape index (κ2) is 11.4. The number of rotatable bonds is 11. The van der Waals surface area contributed by atoms with E-state index < -0.39 is 4.87 Å². The van der Waals surface area contributed by atoms with Gasteiger partial charge in [0.15, 0.2) is 0 Å². The van der Waals surface area contributed by atoms with E-state index in [-0.39, 0.29) is 0 Å². The van der Waals surface area contributed by atoms with Gasteiger partial charge in [0.2, 0.25) is 0 Å². The largest absolute Gasteiger partial charge is 0.371 e. The molecule has 3 aromatic carbocycles. The predicted molar refractivity (Wildman–Crippen MR) is 172 cm³/mol. The third kappa shape index (κ3) is 4.53. The van der Waals surface area contributed by atoms with Gasteiger partial charge in [-0.05, 0) is 55.0 Å². The molecule has 5 aromatic rings. The fraction of sp³-hybridized carbons (Fsp3) is 0.389. The average molecular weight is 552 g/mol. The van der Waals surface area contributed by atoms with Crippen LogP contribution in [0.3, 0.4) is 0 Å². The molecule has 0 aliphatic carbocycles. The van der Waals surface area contributed by atoms with E-state index >= 15 is 0 Å². The van der Waals surface area contributed by atoms with Crippen LogP contribution in [-0.2, 0) is 24.4 Å². The molecule has 6 rings (SSSR count). The highest BCUT2D eigenvalue weighted by Crippen LogP contribution is 2.50. The Bertz CT molecular complexity index is 1540. The summed E-state index contributed by atoms with van der Waals surface area (Å²) in [5.41, 5.74) is 8.86. The number of benzene rings is 3. The number of unbranched alkanes of at least 4 members (excludes halogenated alkanes) is 2. The first-order chi connectivity index (χ1) is 19.6. The van der Waals surface area contributed by atoms with Crippen molar-refractivity contribution in [1.82, 2.24) is 9.13 Å². The van der Waals surface area contributed by atoms with Crippen molar-refractivity contribution in [2.75, 3.05) is 18.0 Å². The van der Waals surface area contributed by atoms with Gasteiger partial charge in [-0.3, -0.25) is 0 Å². The first-order valence-corrected chi connectivity index (χ1v) is 15.7. The number of aryl methyl sites for hydroxylation is 2. The Hall–Kier alpha value is -3.17. The van der Waals surface area contributed by atoms with Gasteiger partial charge in [-0.2, -0.15) is 0 Å². The topological polar surface area (TPSA) is 13.1 Å². The van der Waals surface area contributed by atoms with Gasteiger partial charge in [0.25, 0.3) is 0 Å². The maximum atomic E-state index is 8.23. The summed E-state index contributed by atoms with van der Waals surface area (Å²) in [6, 6.07) is 24.7. The van der Waals surface area contributed by atoms with Gasteiger partial charge in [0.05, 0.1) is 0 Å². The minimum absolute atomic E-state index is 0.818. The summed E-state index contributed by atoms with van der Waals surface area (Å²) in [7, 11) is 0. The molecular weight excluding hydrogens is 510 g/mol. The van der Waals surface area contributed by atoms with Crippen molar-refractivity contribution < 1.29 is 0 Å². The van der Waals surface area contributed by atoms with Gasteiger partial charge >= 0.3 is 0 Å². The zero-order valence-electron chi connectivity index (χ0n) is 24.3. The normalized spacial score (nSPS) is 13.6. The standard InChI is InChI=1S/C36H42ClN3/c1-4-7-21-39-25-31(29-13-9-11-15-34(29)39)36(37,28-17-18-33-27(24-28)19-23-38(33)20-6-3)32-26-40(22-8-5-2)35-16-12-10-14-30(32)35/h9-18,24-26H,4-8,19-23H2,1-3H3. The van der Waals surface area contributed by atoms with E-state index in [9.17, 15) is 0 Å². The van der Waals surface area contributed by atoms with Crippen LogP contribution in [0.25, 0.3) is 21.8 Å². The molecule has 4 heteroatoms. The number of alkyl halides is 1. The summed E-state index contributed by atoms with van der Waals surface area (Å²) in [6.45, 7) is 11.0. The molecule has 0 saturated heterocycles. The number of halogens is 1. The lowest BCUT2D eigenvalue weighted by Crippen LogP contribution is -2.23. The Morgan fingerprint density at radius 2 is 1.27 bits per heavy atom. The van der Waals surface area contributed by atoms with Crippen molar-refractivity contribution in [3.8, 4) is 0 Å². The van der Waals surface area contributed by atoms with E-state index in [4.69, 9.17) is 11.6 Å². The summed E-state index contributed by atoms with van der Waals surface area (Å²) in [5.74, 6) is 0. The van der Waals surface area contributed by atoms with Crippen LogP contribution in [0, 0.1) is 0 Å². The third-order valence-corrected chi connectivity index (χ3v) is 9.41. The Labute approximate surface area is 244 Å². The summed E-state index contributed by atoms with van der Waals surface area (Å²) >= 11 is 8.23. The quantitative estimate of drug-likeness (QED) is 0.149. The average Bonchev–Trinajstić information content (AvgIpc) is 3.69. The zero-order chi connectivity index (χ0) is 27.7. The lowest BCUT2D eigenvalue weighted by molar-refractivity contribution is 0.643. The number of aromatic nitrogens is 2. The van der Waals surface area contributed by atoms with Crippen LogP contribution >= 0.6 is 11.6 Å². The Morgan fingerprint density at radius 1 is 0.700 bits per heavy atom. The van der Waals surface area contributed by atoms with Crippen LogP contribution in [0.5, 0.6) is 0 Å². The highest BCUT2D eigenvalue weighted by Gasteiger charge is 2.40. The fourth-order valence-electron chi connectivity index (χ4n) is 6.71. The van der Waals surface area contributed by atoms with E-state index in [2.05, 4.69) is 114 Å². The van der Waals surface area contributed by atoms with E-state index in [0.29, 0.717) is 0 Å². The van der Waals surface area contributed by atoms with Gasteiger partial charge in [-0.15, -0.1) is 11.6 Å². The molecule has 0 N–H and O–H groups in total. The molecule has 0 spiro atoms. The van der Waals surface area contributed by atoms with Gasteiger partial charge in [-0.1, -0.05) is 82.1 Å². The molecular formula is C36H42ClN3. The van der Waals surface area contributed by atoms with Crippen LogP contribution in [-0.4, -0.2) is 22.2 Å². The van der Waals surface area contributed by atoms with Crippen molar-refractivity contribution in [3.63, 3.8) is 0 Å². The Morgan fingerprint density at radius 3 is 1.82 bits per heavy atom. The first kappa shape index (κ1) is 27.0. The minimum Gasteiger partial charge on any atom is -0.371 e. The molecule has 1 aliphatic heterocycles. The molecule has 0 atom stereocenters. The second-order valence-electron chi connectivity index (χ2n) is 11.5. The Balaban J connectivity index is 1.62. The molecule has 0 radical (unpaired) electrons. The first-order valence-electron chi connectivity index (χ1n) is 15.3. The number of nitrogens with zero attached hydrogens (tertiary/aromatic N) is 3. The molecule has 3 nitrogen and oxygen atoms in total. The van der Waals surface area contributed by atoms with Crippen LogP contribution in [0.4, 0.5) is 5.69 Å². The molecule has 0 amide bonds. The van der Waals surface area contributed by atoms with E-state index in [0.717, 1.165) is 64.7 Å². The summed E-state index contributed by atoms with van der Waals surface area (Å²) in [5, 5.41) is 2.49. The van der Waals surface area contributed by atoms with E-state index in [1.165, 1.54) is 49.7 Å². The molecule has 0 unspecified atom stereocenters.